The molecular weight excluding hydrogens is 514 g/mol. The number of likely N-dealkylation sites (tertiary alicyclic amines) is 1. The number of Topliss-reactive ketones (excluding diaryl/α,β-unsaturated/α-hetero) is 1. The van der Waals surface area contributed by atoms with Gasteiger partial charge in [-0.2, -0.15) is 0 Å². The molecule has 1 saturated heterocycles. The minimum atomic E-state index is -0.906. The fourth-order valence-electron chi connectivity index (χ4n) is 4.97. The van der Waals surface area contributed by atoms with E-state index >= 15 is 0 Å². The number of carboxylic acid groups (broad SMARTS) is 1. The number of nitrogens with zero attached hydrogens (tertiary/aromatic N) is 2. The van der Waals surface area contributed by atoms with Crippen molar-refractivity contribution in [1.29, 1.82) is 0 Å². The third-order valence-corrected chi connectivity index (χ3v) is 7.20. The van der Waals surface area contributed by atoms with E-state index in [0.29, 0.717) is 54.7 Å². The number of carboxylic acids is 1. The molecule has 2 heterocycles. The Morgan fingerprint density at radius 1 is 1.21 bits per heavy atom. The van der Waals surface area contributed by atoms with Crippen LogP contribution in [0.3, 0.4) is 0 Å². The van der Waals surface area contributed by atoms with Crippen molar-refractivity contribution in [3.63, 3.8) is 0 Å². The second-order valence-corrected chi connectivity index (χ2v) is 9.80. The van der Waals surface area contributed by atoms with Crippen molar-refractivity contribution in [1.82, 2.24) is 9.88 Å². The van der Waals surface area contributed by atoms with Crippen molar-refractivity contribution in [3.05, 3.63) is 70.4 Å². The van der Waals surface area contributed by atoms with Gasteiger partial charge in [-0.05, 0) is 67.6 Å². The number of carbonyl (C=O) groups excluding carboxylic acids is 1. The predicted octanol–water partition coefficient (Wildman–Crippen LogP) is 5.60. The lowest BCUT2D eigenvalue weighted by atomic mass is 9.79. The SMILES string of the molecule is COc1ccc2ncc(Cl)c(C(=O)CCC3CCN(CC#Cc4cc(F)ccc4F)CC3CC(=O)O)c2c1. The summed E-state index contributed by atoms with van der Waals surface area (Å²) < 4.78 is 32.5. The fourth-order valence-corrected chi connectivity index (χ4v) is 5.23. The number of aromatic nitrogens is 1. The standard InChI is InChI=1S/C29H27ClF2N2O4/c1-38-22-6-8-26-23(15-22)29(24(30)16-33-26)27(35)9-4-18-10-12-34(17-20(18)14-28(36)37)11-2-3-19-13-21(31)5-7-25(19)32/h5-8,13,15-16,18,20H,4,9-12,14,17H2,1H3,(H,36,37). The Labute approximate surface area is 224 Å². The van der Waals surface area contributed by atoms with Gasteiger partial charge in [-0.15, -0.1) is 0 Å². The molecule has 2 unspecified atom stereocenters. The van der Waals surface area contributed by atoms with Gasteiger partial charge < -0.3 is 9.84 Å². The van der Waals surface area contributed by atoms with Crippen LogP contribution in [0.15, 0.2) is 42.6 Å². The maximum Gasteiger partial charge on any atom is 0.303 e. The second-order valence-electron chi connectivity index (χ2n) is 9.39. The molecule has 0 radical (unpaired) electrons. The lowest BCUT2D eigenvalue weighted by molar-refractivity contribution is -0.139. The Kier molecular flexibility index (Phi) is 8.93. The lowest BCUT2D eigenvalue weighted by Crippen LogP contribution is -2.41. The summed E-state index contributed by atoms with van der Waals surface area (Å²) in [6.07, 6.45) is 2.87. The molecule has 1 N–H and O–H groups in total. The van der Waals surface area contributed by atoms with E-state index < -0.39 is 17.6 Å². The summed E-state index contributed by atoms with van der Waals surface area (Å²) in [5.74, 6) is 3.79. The minimum Gasteiger partial charge on any atom is -0.497 e. The highest BCUT2D eigenvalue weighted by atomic mass is 35.5. The molecular formula is C29H27ClF2N2O4. The Hall–Kier alpha value is -3.54. The molecule has 0 spiro atoms. The average Bonchev–Trinajstić information content (AvgIpc) is 2.89. The van der Waals surface area contributed by atoms with Gasteiger partial charge in [-0.3, -0.25) is 19.5 Å². The smallest absolute Gasteiger partial charge is 0.303 e. The molecule has 2 atom stereocenters. The van der Waals surface area contributed by atoms with Crippen molar-refractivity contribution >= 4 is 34.3 Å². The molecule has 1 fully saturated rings. The number of aliphatic carboxylic acids is 1. The van der Waals surface area contributed by atoms with Crippen molar-refractivity contribution in [2.24, 2.45) is 11.8 Å². The fraction of sp³-hybridized carbons (Fsp3) is 0.345. The van der Waals surface area contributed by atoms with Crippen molar-refractivity contribution in [2.45, 2.75) is 25.7 Å². The van der Waals surface area contributed by atoms with Crippen molar-refractivity contribution in [2.75, 3.05) is 26.7 Å². The lowest BCUT2D eigenvalue weighted by Gasteiger charge is -2.37. The van der Waals surface area contributed by atoms with Crippen LogP contribution in [0, 0.1) is 35.3 Å². The van der Waals surface area contributed by atoms with E-state index in [9.17, 15) is 23.5 Å². The molecule has 0 aliphatic carbocycles. The summed E-state index contributed by atoms with van der Waals surface area (Å²) in [6.45, 7) is 1.45. The van der Waals surface area contributed by atoms with Crippen LogP contribution in [-0.2, 0) is 4.79 Å². The van der Waals surface area contributed by atoms with Gasteiger partial charge in [0.25, 0.3) is 0 Å². The summed E-state index contributed by atoms with van der Waals surface area (Å²) >= 11 is 6.38. The second kappa shape index (κ2) is 12.3. The molecule has 0 saturated carbocycles. The van der Waals surface area contributed by atoms with Gasteiger partial charge in [-0.25, -0.2) is 8.78 Å². The van der Waals surface area contributed by atoms with E-state index in [-0.39, 0.29) is 41.0 Å². The number of fused-ring (bicyclic) bond motifs is 1. The van der Waals surface area contributed by atoms with Crippen molar-refractivity contribution < 1.29 is 28.2 Å². The minimum absolute atomic E-state index is 0.0135. The number of carbonyl (C=O) groups is 2. The molecule has 1 aromatic heterocycles. The molecule has 9 heteroatoms. The number of benzene rings is 2. The summed E-state index contributed by atoms with van der Waals surface area (Å²) in [6, 6.07) is 8.39. The van der Waals surface area contributed by atoms with E-state index in [1.807, 2.05) is 4.90 Å². The molecule has 4 rings (SSSR count). The summed E-state index contributed by atoms with van der Waals surface area (Å²) in [5.41, 5.74) is 1.01. The highest BCUT2D eigenvalue weighted by Crippen LogP contribution is 2.33. The summed E-state index contributed by atoms with van der Waals surface area (Å²) in [4.78, 5) is 31.2. The van der Waals surface area contributed by atoms with E-state index in [2.05, 4.69) is 16.8 Å². The largest absolute Gasteiger partial charge is 0.497 e. The molecule has 0 bridgehead atoms. The first kappa shape index (κ1) is 27.5. The molecule has 0 amide bonds. The first-order valence-corrected chi connectivity index (χ1v) is 12.7. The Balaban J connectivity index is 1.43. The molecule has 3 aromatic rings. The van der Waals surface area contributed by atoms with Crippen LogP contribution in [0.2, 0.25) is 5.02 Å². The Morgan fingerprint density at radius 2 is 2.03 bits per heavy atom. The maximum atomic E-state index is 13.8. The summed E-state index contributed by atoms with van der Waals surface area (Å²) in [7, 11) is 1.54. The molecule has 6 nitrogen and oxygen atoms in total. The number of pyridine rings is 1. The van der Waals surface area contributed by atoms with E-state index in [1.54, 1.807) is 25.3 Å². The van der Waals surface area contributed by atoms with Crippen LogP contribution in [0.25, 0.3) is 10.9 Å². The van der Waals surface area contributed by atoms with Crippen LogP contribution < -0.4 is 4.74 Å². The molecule has 1 aliphatic heterocycles. The van der Waals surface area contributed by atoms with E-state index in [0.717, 1.165) is 18.2 Å². The number of rotatable bonds is 8. The van der Waals surface area contributed by atoms with Crippen LogP contribution in [0.1, 0.15) is 41.6 Å². The Bertz CT molecular complexity index is 1420. The number of ether oxygens (including phenoxy) is 1. The zero-order chi connectivity index (χ0) is 27.2. The number of methoxy groups -OCH3 is 1. The number of hydrogen-bond acceptors (Lipinski definition) is 5. The van der Waals surface area contributed by atoms with Gasteiger partial charge in [0.1, 0.15) is 17.4 Å². The number of halogens is 3. The number of piperidine rings is 1. The van der Waals surface area contributed by atoms with Crippen molar-refractivity contribution in [3.8, 4) is 17.6 Å². The molecule has 198 valence electrons. The summed E-state index contributed by atoms with van der Waals surface area (Å²) in [5, 5.41) is 10.4. The highest BCUT2D eigenvalue weighted by molar-refractivity contribution is 6.35. The van der Waals surface area contributed by atoms with Crippen LogP contribution >= 0.6 is 11.6 Å². The predicted molar refractivity (Wildman–Crippen MR) is 140 cm³/mol. The zero-order valence-corrected chi connectivity index (χ0v) is 21.6. The van der Waals surface area contributed by atoms with Gasteiger partial charge in [0.15, 0.2) is 5.78 Å². The topological polar surface area (TPSA) is 79.7 Å². The van der Waals surface area contributed by atoms with Gasteiger partial charge in [0.2, 0.25) is 0 Å². The normalized spacial score (nSPS) is 17.6. The number of hydrogen-bond donors (Lipinski definition) is 1. The monoisotopic (exact) mass is 540 g/mol. The molecule has 2 aromatic carbocycles. The van der Waals surface area contributed by atoms with Gasteiger partial charge >= 0.3 is 5.97 Å². The van der Waals surface area contributed by atoms with Crippen LogP contribution in [-0.4, -0.2) is 53.5 Å². The first-order valence-electron chi connectivity index (χ1n) is 12.3. The quantitative estimate of drug-likeness (QED) is 0.296. The third-order valence-electron chi connectivity index (χ3n) is 6.92. The van der Waals surface area contributed by atoms with Gasteiger partial charge in [0, 0.05) is 36.5 Å². The number of ketones is 1. The zero-order valence-electron chi connectivity index (χ0n) is 20.8. The first-order chi connectivity index (χ1) is 18.2. The van der Waals surface area contributed by atoms with E-state index in [1.165, 1.54) is 6.20 Å². The third kappa shape index (κ3) is 6.66. The Morgan fingerprint density at radius 3 is 2.79 bits per heavy atom. The van der Waals surface area contributed by atoms with Crippen LogP contribution in [0.4, 0.5) is 8.78 Å². The van der Waals surface area contributed by atoms with Gasteiger partial charge in [-0.1, -0.05) is 23.4 Å². The molecule has 1 aliphatic rings. The molecule has 38 heavy (non-hydrogen) atoms. The maximum absolute atomic E-state index is 13.8. The highest BCUT2D eigenvalue weighted by Gasteiger charge is 2.31. The van der Waals surface area contributed by atoms with E-state index in [4.69, 9.17) is 16.3 Å². The van der Waals surface area contributed by atoms with Crippen LogP contribution in [0.5, 0.6) is 5.75 Å². The van der Waals surface area contributed by atoms with Gasteiger partial charge in [0.05, 0.1) is 29.8 Å². The average molecular weight is 541 g/mol.